The number of aromatic nitrogens is 1. The van der Waals surface area contributed by atoms with Crippen LogP contribution < -0.4 is 15.0 Å². The molecule has 0 saturated heterocycles. The van der Waals surface area contributed by atoms with E-state index >= 15 is 0 Å². The molecular weight excluding hydrogens is 290 g/mol. The Morgan fingerprint density at radius 1 is 1.30 bits per heavy atom. The van der Waals surface area contributed by atoms with Crippen LogP contribution in [0.5, 0.6) is 5.75 Å². The quantitative estimate of drug-likeness (QED) is 0.926. The highest BCUT2D eigenvalue weighted by atomic mass is 16.5. The van der Waals surface area contributed by atoms with E-state index in [0.29, 0.717) is 12.6 Å². The van der Waals surface area contributed by atoms with E-state index in [-0.39, 0.29) is 6.03 Å². The van der Waals surface area contributed by atoms with Crippen molar-refractivity contribution in [3.05, 3.63) is 29.8 Å². The van der Waals surface area contributed by atoms with E-state index < -0.39 is 0 Å². The fourth-order valence-corrected chi connectivity index (χ4v) is 3.58. The fraction of sp³-hybridized carbons (Fsp3) is 0.444. The van der Waals surface area contributed by atoms with Crippen molar-refractivity contribution >= 4 is 22.8 Å². The zero-order valence-electron chi connectivity index (χ0n) is 13.3. The summed E-state index contributed by atoms with van der Waals surface area (Å²) in [6.45, 7) is 0.703. The molecule has 1 N–H and O–H groups in total. The van der Waals surface area contributed by atoms with Gasteiger partial charge in [-0.1, -0.05) is 12.8 Å². The van der Waals surface area contributed by atoms with Crippen LogP contribution in [0.3, 0.4) is 0 Å². The van der Waals surface area contributed by atoms with Crippen molar-refractivity contribution in [1.29, 1.82) is 0 Å². The van der Waals surface area contributed by atoms with Gasteiger partial charge in [0.05, 0.1) is 12.6 Å². The number of methoxy groups -OCH3 is 1. The Balaban J connectivity index is 1.63. The van der Waals surface area contributed by atoms with Crippen molar-refractivity contribution in [2.24, 2.45) is 0 Å². The second-order valence-corrected chi connectivity index (χ2v) is 6.36. The number of amides is 2. The van der Waals surface area contributed by atoms with Crippen molar-refractivity contribution in [2.45, 2.75) is 38.1 Å². The second-order valence-electron chi connectivity index (χ2n) is 6.36. The highest BCUT2D eigenvalue weighted by molar-refractivity contribution is 5.95. The van der Waals surface area contributed by atoms with Crippen molar-refractivity contribution in [2.75, 3.05) is 18.6 Å². The standard InChI is InChI=1S/C18H21N3O2/c1-23-15-7-6-12-10-13-8-9-21(17(13)20-16(12)11-15)18(22)19-14-4-2-3-5-14/h6-7,10-11,14H,2-5,8-9H2,1H3,(H,19,22). The third-order valence-electron chi connectivity index (χ3n) is 4.87. The Bertz CT molecular complexity index is 753. The number of nitrogens with zero attached hydrogens (tertiary/aromatic N) is 2. The van der Waals surface area contributed by atoms with Gasteiger partial charge in [-0.15, -0.1) is 0 Å². The van der Waals surface area contributed by atoms with Gasteiger partial charge in [-0.2, -0.15) is 0 Å². The minimum atomic E-state index is -0.00889. The summed E-state index contributed by atoms with van der Waals surface area (Å²) in [6.07, 6.45) is 5.47. The highest BCUT2D eigenvalue weighted by Crippen LogP contribution is 2.31. The number of hydrogen-bond acceptors (Lipinski definition) is 3. The molecule has 4 rings (SSSR count). The van der Waals surface area contributed by atoms with E-state index in [1.165, 1.54) is 12.8 Å². The summed E-state index contributed by atoms with van der Waals surface area (Å²) in [7, 11) is 1.65. The third kappa shape index (κ3) is 2.60. The highest BCUT2D eigenvalue weighted by Gasteiger charge is 2.28. The Hall–Kier alpha value is -2.30. The zero-order valence-corrected chi connectivity index (χ0v) is 13.3. The molecule has 0 atom stereocenters. The van der Waals surface area contributed by atoms with Gasteiger partial charge in [0.1, 0.15) is 11.6 Å². The van der Waals surface area contributed by atoms with Crippen molar-refractivity contribution in [3.8, 4) is 5.75 Å². The van der Waals surface area contributed by atoms with Crippen molar-refractivity contribution < 1.29 is 9.53 Å². The van der Waals surface area contributed by atoms with Crippen LogP contribution in [-0.4, -0.2) is 30.7 Å². The van der Waals surface area contributed by atoms with Crippen molar-refractivity contribution in [3.63, 3.8) is 0 Å². The number of carbonyl (C=O) groups excluding carboxylic acids is 1. The maximum Gasteiger partial charge on any atom is 0.323 e. The molecular formula is C18H21N3O2. The Morgan fingerprint density at radius 3 is 2.91 bits per heavy atom. The molecule has 1 aliphatic carbocycles. The van der Waals surface area contributed by atoms with Gasteiger partial charge in [0.15, 0.2) is 0 Å². The van der Waals surface area contributed by atoms with E-state index in [4.69, 9.17) is 9.72 Å². The molecule has 0 unspecified atom stereocenters. The Morgan fingerprint density at radius 2 is 2.13 bits per heavy atom. The lowest BCUT2D eigenvalue weighted by molar-refractivity contribution is 0.243. The number of fused-ring (bicyclic) bond motifs is 2. The van der Waals surface area contributed by atoms with Crippen LogP contribution in [-0.2, 0) is 6.42 Å². The normalized spacial score (nSPS) is 17.5. The molecule has 1 aromatic carbocycles. The lowest BCUT2D eigenvalue weighted by Crippen LogP contribution is -2.43. The maximum absolute atomic E-state index is 12.6. The number of benzene rings is 1. The summed E-state index contributed by atoms with van der Waals surface area (Å²) >= 11 is 0. The Kier molecular flexibility index (Phi) is 3.56. The monoisotopic (exact) mass is 311 g/mol. The predicted molar refractivity (Wildman–Crippen MR) is 90.1 cm³/mol. The van der Waals surface area contributed by atoms with Gasteiger partial charge in [0.2, 0.25) is 0 Å². The summed E-state index contributed by atoms with van der Waals surface area (Å²) in [6, 6.07) is 8.33. The van der Waals surface area contributed by atoms with Crippen LogP contribution >= 0.6 is 0 Å². The molecule has 2 amide bonds. The first-order valence-electron chi connectivity index (χ1n) is 8.30. The van der Waals surface area contributed by atoms with Crippen LogP contribution in [0.4, 0.5) is 10.6 Å². The fourth-order valence-electron chi connectivity index (χ4n) is 3.58. The van der Waals surface area contributed by atoms with Crippen LogP contribution in [0.2, 0.25) is 0 Å². The molecule has 2 aromatic rings. The lowest BCUT2D eigenvalue weighted by Gasteiger charge is -2.20. The molecule has 120 valence electrons. The number of nitrogens with one attached hydrogen (secondary N) is 1. The molecule has 0 radical (unpaired) electrons. The van der Waals surface area contributed by atoms with Crippen LogP contribution in [0.15, 0.2) is 24.3 Å². The van der Waals surface area contributed by atoms with E-state index in [1.54, 1.807) is 12.0 Å². The van der Waals surface area contributed by atoms with Crippen LogP contribution in [0.25, 0.3) is 10.9 Å². The van der Waals surface area contributed by atoms with E-state index in [0.717, 1.165) is 47.3 Å². The molecule has 1 aliphatic heterocycles. The van der Waals surface area contributed by atoms with Gasteiger partial charge in [0.25, 0.3) is 0 Å². The van der Waals surface area contributed by atoms with Gasteiger partial charge >= 0.3 is 6.03 Å². The lowest BCUT2D eigenvalue weighted by atomic mass is 10.1. The molecule has 5 heteroatoms. The average Bonchev–Trinajstić information content (AvgIpc) is 3.21. The summed E-state index contributed by atoms with van der Waals surface area (Å²) < 4.78 is 5.27. The average molecular weight is 311 g/mol. The first-order valence-corrected chi connectivity index (χ1v) is 8.30. The summed E-state index contributed by atoms with van der Waals surface area (Å²) in [5, 5.41) is 4.24. The first kappa shape index (κ1) is 14.3. The predicted octanol–water partition coefficient (Wildman–Crippen LogP) is 3.26. The number of anilines is 1. The van der Waals surface area contributed by atoms with Crippen LogP contribution in [0.1, 0.15) is 31.2 Å². The van der Waals surface area contributed by atoms with Crippen LogP contribution in [0, 0.1) is 0 Å². The number of ether oxygens (including phenoxy) is 1. The minimum Gasteiger partial charge on any atom is -0.497 e. The molecule has 0 bridgehead atoms. The van der Waals surface area contributed by atoms with E-state index in [2.05, 4.69) is 11.4 Å². The molecule has 23 heavy (non-hydrogen) atoms. The SMILES string of the molecule is COc1ccc2cc3c(nc2c1)N(C(=O)NC1CCCC1)CC3. The van der Waals surface area contributed by atoms with E-state index in [1.807, 2.05) is 18.2 Å². The molecule has 1 fully saturated rings. The number of hydrogen-bond donors (Lipinski definition) is 1. The van der Waals surface area contributed by atoms with Gasteiger partial charge in [0, 0.05) is 24.0 Å². The van der Waals surface area contributed by atoms with Gasteiger partial charge in [-0.05, 0) is 43.0 Å². The molecule has 1 aromatic heterocycles. The van der Waals surface area contributed by atoms with Gasteiger partial charge < -0.3 is 10.1 Å². The number of pyridine rings is 1. The Labute approximate surface area is 135 Å². The molecule has 1 saturated carbocycles. The zero-order chi connectivity index (χ0) is 15.8. The van der Waals surface area contributed by atoms with E-state index in [9.17, 15) is 4.79 Å². The smallest absolute Gasteiger partial charge is 0.323 e. The van der Waals surface area contributed by atoms with Gasteiger partial charge in [-0.25, -0.2) is 9.78 Å². The maximum atomic E-state index is 12.6. The third-order valence-corrected chi connectivity index (χ3v) is 4.87. The number of carbonyl (C=O) groups is 1. The molecule has 0 spiro atoms. The first-order chi connectivity index (χ1) is 11.2. The summed E-state index contributed by atoms with van der Waals surface area (Å²) in [5.74, 6) is 1.58. The second kappa shape index (κ2) is 5.72. The number of urea groups is 1. The topological polar surface area (TPSA) is 54.5 Å². The largest absolute Gasteiger partial charge is 0.497 e. The number of rotatable bonds is 2. The minimum absolute atomic E-state index is 0.00889. The van der Waals surface area contributed by atoms with Gasteiger partial charge in [-0.3, -0.25) is 4.90 Å². The molecule has 5 nitrogen and oxygen atoms in total. The molecule has 2 aliphatic rings. The van der Waals surface area contributed by atoms with Crippen molar-refractivity contribution in [1.82, 2.24) is 10.3 Å². The molecule has 2 heterocycles. The summed E-state index contributed by atoms with van der Waals surface area (Å²) in [4.78, 5) is 19.1. The summed E-state index contributed by atoms with van der Waals surface area (Å²) in [5.41, 5.74) is 2.01.